The van der Waals surface area contributed by atoms with Gasteiger partial charge in [0.1, 0.15) is 6.54 Å². The highest BCUT2D eigenvalue weighted by atomic mass is 35.5. The molecular weight excluding hydrogens is 461 g/mol. The zero-order valence-electron chi connectivity index (χ0n) is 15.5. The molecule has 0 aliphatic carbocycles. The second-order valence-electron chi connectivity index (χ2n) is 6.67. The topological polar surface area (TPSA) is 96.7 Å². The standard InChI is InChI=1S/C20H11Cl2N5O3S/c21-10-5-6-13(14(22)7-10)15-9-31-20-24-19(25-27(15)20)23-16(28)8-26-17(29)11-3-1-2-4-12(11)18(26)30/h1-7,9H,8H2,(H,23,25,28). The van der Waals surface area contributed by atoms with Crippen molar-refractivity contribution in [3.05, 3.63) is 69.0 Å². The molecule has 0 radical (unpaired) electrons. The summed E-state index contributed by atoms with van der Waals surface area (Å²) in [5, 5.41) is 9.66. The summed E-state index contributed by atoms with van der Waals surface area (Å²) in [4.78, 5) is 43.0. The molecular formula is C20H11Cl2N5O3S. The number of aromatic nitrogens is 3. The normalized spacial score (nSPS) is 13.2. The first-order chi connectivity index (χ1) is 14.9. The summed E-state index contributed by atoms with van der Waals surface area (Å²) in [6.45, 7) is -0.435. The van der Waals surface area contributed by atoms with E-state index in [1.54, 1.807) is 47.0 Å². The number of benzene rings is 2. The smallest absolute Gasteiger partial charge is 0.262 e. The summed E-state index contributed by atoms with van der Waals surface area (Å²) in [7, 11) is 0. The lowest BCUT2D eigenvalue weighted by molar-refractivity contribution is -0.116. The molecule has 3 amide bonds. The van der Waals surface area contributed by atoms with Gasteiger partial charge in [-0.25, -0.2) is 4.52 Å². The van der Waals surface area contributed by atoms with Crippen molar-refractivity contribution in [2.75, 3.05) is 11.9 Å². The Balaban J connectivity index is 1.36. The van der Waals surface area contributed by atoms with Crippen molar-refractivity contribution in [2.45, 2.75) is 0 Å². The van der Waals surface area contributed by atoms with Crippen molar-refractivity contribution in [1.29, 1.82) is 0 Å². The van der Waals surface area contributed by atoms with Crippen LogP contribution in [0.25, 0.3) is 16.2 Å². The van der Waals surface area contributed by atoms with Crippen LogP contribution in [0.5, 0.6) is 0 Å². The van der Waals surface area contributed by atoms with E-state index in [0.717, 1.165) is 4.90 Å². The van der Waals surface area contributed by atoms with E-state index in [1.807, 2.05) is 5.38 Å². The minimum absolute atomic E-state index is 0.0554. The Morgan fingerprint density at radius 2 is 1.74 bits per heavy atom. The maximum atomic E-state index is 12.5. The number of carbonyl (C=O) groups excluding carboxylic acids is 3. The number of hydrogen-bond donors (Lipinski definition) is 1. The summed E-state index contributed by atoms with van der Waals surface area (Å²) < 4.78 is 1.55. The minimum Gasteiger partial charge on any atom is -0.292 e. The SMILES string of the molecule is O=C(CN1C(=O)c2ccccc2C1=O)Nc1nc2scc(-c3ccc(Cl)cc3Cl)n2n1. The third kappa shape index (κ3) is 3.36. The summed E-state index contributed by atoms with van der Waals surface area (Å²) in [6, 6.07) is 11.6. The summed E-state index contributed by atoms with van der Waals surface area (Å²) >= 11 is 13.6. The number of nitrogens with zero attached hydrogens (tertiary/aromatic N) is 4. The van der Waals surface area contributed by atoms with Gasteiger partial charge in [-0.05, 0) is 30.3 Å². The highest BCUT2D eigenvalue weighted by Crippen LogP contribution is 2.33. The molecule has 0 saturated heterocycles. The maximum Gasteiger partial charge on any atom is 0.262 e. The van der Waals surface area contributed by atoms with Crippen molar-refractivity contribution in [3.63, 3.8) is 0 Å². The molecule has 8 nitrogen and oxygen atoms in total. The molecule has 1 aliphatic heterocycles. The number of imide groups is 1. The minimum atomic E-state index is -0.584. The van der Waals surface area contributed by atoms with Crippen LogP contribution >= 0.6 is 34.5 Å². The first kappa shape index (κ1) is 19.7. The number of carbonyl (C=O) groups is 3. The molecule has 3 heterocycles. The van der Waals surface area contributed by atoms with E-state index >= 15 is 0 Å². The average molecular weight is 472 g/mol. The molecule has 0 saturated carbocycles. The van der Waals surface area contributed by atoms with Gasteiger partial charge in [-0.15, -0.1) is 16.4 Å². The number of thiazole rings is 1. The summed E-state index contributed by atoms with van der Waals surface area (Å²) in [6.07, 6.45) is 0. The molecule has 0 spiro atoms. The van der Waals surface area contributed by atoms with Crippen LogP contribution in [0, 0.1) is 0 Å². The summed E-state index contributed by atoms with van der Waals surface area (Å²) in [5.74, 6) is -1.54. The van der Waals surface area contributed by atoms with E-state index in [4.69, 9.17) is 23.2 Å². The van der Waals surface area contributed by atoms with Gasteiger partial charge in [0.15, 0.2) is 0 Å². The van der Waals surface area contributed by atoms with Crippen molar-refractivity contribution in [3.8, 4) is 11.3 Å². The molecule has 1 aliphatic rings. The third-order valence-electron chi connectivity index (χ3n) is 4.72. The first-order valence-electron chi connectivity index (χ1n) is 8.97. The highest BCUT2D eigenvalue weighted by molar-refractivity contribution is 7.15. The maximum absolute atomic E-state index is 12.5. The van der Waals surface area contributed by atoms with Gasteiger partial charge in [0, 0.05) is 16.0 Å². The van der Waals surface area contributed by atoms with Gasteiger partial charge < -0.3 is 0 Å². The van der Waals surface area contributed by atoms with Crippen molar-refractivity contribution < 1.29 is 14.4 Å². The Labute approximate surface area is 189 Å². The van der Waals surface area contributed by atoms with E-state index in [-0.39, 0.29) is 17.1 Å². The number of amides is 3. The van der Waals surface area contributed by atoms with E-state index in [0.29, 0.717) is 26.3 Å². The Morgan fingerprint density at radius 3 is 2.42 bits per heavy atom. The fourth-order valence-electron chi connectivity index (χ4n) is 3.31. The molecule has 0 unspecified atom stereocenters. The molecule has 2 aromatic carbocycles. The van der Waals surface area contributed by atoms with Gasteiger partial charge in [-0.3, -0.25) is 24.6 Å². The van der Waals surface area contributed by atoms with Gasteiger partial charge in [0.05, 0.1) is 21.8 Å². The van der Waals surface area contributed by atoms with Gasteiger partial charge in [-0.1, -0.05) is 35.3 Å². The Kier molecular flexibility index (Phi) is 4.73. The molecule has 4 aromatic rings. The average Bonchev–Trinajstić information content (AvgIpc) is 3.37. The van der Waals surface area contributed by atoms with E-state index < -0.39 is 24.3 Å². The fourth-order valence-corrected chi connectivity index (χ4v) is 4.64. The largest absolute Gasteiger partial charge is 0.292 e. The van der Waals surface area contributed by atoms with Gasteiger partial charge in [-0.2, -0.15) is 4.98 Å². The summed E-state index contributed by atoms with van der Waals surface area (Å²) in [5.41, 5.74) is 1.97. The van der Waals surface area contributed by atoms with E-state index in [9.17, 15) is 14.4 Å². The molecule has 154 valence electrons. The lowest BCUT2D eigenvalue weighted by Crippen LogP contribution is -2.37. The van der Waals surface area contributed by atoms with Crippen LogP contribution < -0.4 is 5.32 Å². The number of fused-ring (bicyclic) bond motifs is 2. The quantitative estimate of drug-likeness (QED) is 0.453. The number of rotatable bonds is 4. The second kappa shape index (κ2) is 7.45. The predicted molar refractivity (Wildman–Crippen MR) is 117 cm³/mol. The van der Waals surface area contributed by atoms with Gasteiger partial charge in [0.2, 0.25) is 10.9 Å². The molecule has 0 fully saturated rings. The lowest BCUT2D eigenvalue weighted by Gasteiger charge is -2.12. The number of halogens is 2. The van der Waals surface area contributed by atoms with Crippen LogP contribution in [-0.2, 0) is 4.79 Å². The molecule has 2 aromatic heterocycles. The van der Waals surface area contributed by atoms with Crippen LogP contribution in [0.2, 0.25) is 10.0 Å². The molecule has 5 rings (SSSR count). The van der Waals surface area contributed by atoms with Crippen molar-refractivity contribution in [2.24, 2.45) is 0 Å². The van der Waals surface area contributed by atoms with Crippen LogP contribution in [0.4, 0.5) is 5.95 Å². The van der Waals surface area contributed by atoms with E-state index in [1.165, 1.54) is 11.3 Å². The lowest BCUT2D eigenvalue weighted by atomic mass is 10.1. The Bertz CT molecular complexity index is 1360. The molecule has 0 atom stereocenters. The van der Waals surface area contributed by atoms with Crippen molar-refractivity contribution >= 4 is 63.2 Å². The van der Waals surface area contributed by atoms with Crippen LogP contribution in [0.3, 0.4) is 0 Å². The second-order valence-corrected chi connectivity index (χ2v) is 8.35. The fraction of sp³-hybridized carbons (Fsp3) is 0.0500. The number of nitrogens with one attached hydrogen (secondary N) is 1. The molecule has 1 N–H and O–H groups in total. The number of anilines is 1. The van der Waals surface area contributed by atoms with Gasteiger partial charge in [0.25, 0.3) is 17.8 Å². The predicted octanol–water partition coefficient (Wildman–Crippen LogP) is 4.00. The van der Waals surface area contributed by atoms with Crippen molar-refractivity contribution in [1.82, 2.24) is 19.5 Å². The van der Waals surface area contributed by atoms with E-state index in [2.05, 4.69) is 15.4 Å². The molecule has 0 bridgehead atoms. The van der Waals surface area contributed by atoms with Gasteiger partial charge >= 0.3 is 0 Å². The molecule has 11 heteroatoms. The third-order valence-corrected chi connectivity index (χ3v) is 6.08. The first-order valence-corrected chi connectivity index (χ1v) is 10.6. The molecule has 31 heavy (non-hydrogen) atoms. The Hall–Kier alpha value is -3.27. The zero-order chi connectivity index (χ0) is 21.7. The van der Waals surface area contributed by atoms with Crippen LogP contribution in [-0.4, -0.2) is 43.8 Å². The zero-order valence-corrected chi connectivity index (χ0v) is 17.8. The van der Waals surface area contributed by atoms with Crippen LogP contribution in [0.1, 0.15) is 20.7 Å². The number of hydrogen-bond acceptors (Lipinski definition) is 6. The highest BCUT2D eigenvalue weighted by Gasteiger charge is 2.36. The van der Waals surface area contributed by atoms with Crippen LogP contribution in [0.15, 0.2) is 47.8 Å². The Morgan fingerprint density at radius 1 is 1.03 bits per heavy atom. The monoisotopic (exact) mass is 471 g/mol.